The van der Waals surface area contributed by atoms with Crippen molar-refractivity contribution in [2.75, 3.05) is 6.61 Å². The van der Waals surface area contributed by atoms with Crippen molar-refractivity contribution >= 4 is 17.5 Å². The second-order valence-electron chi connectivity index (χ2n) is 12.4. The standard InChI is InChI=1S/C29H32F6N6O4/c30-21(31)14-44-27-19(13-45-40-27)26(43)39-25(17-3-5-28(32,33)6-4-17)20-12-41-22(37-20)8-18(11-36-41)24(16-1-2-16)38-23(42)7-15-9-29(34,35)10-15/h8,11-13,15-17,21,24-25H,1-7,9-10,14H2,(H,38,42)(H,39,43)/t24?,25-/m0/s1. The molecule has 3 heterocycles. The summed E-state index contributed by atoms with van der Waals surface area (Å²) >= 11 is 0. The fraction of sp³-hybridized carbons (Fsp3) is 0.621. The highest BCUT2D eigenvalue weighted by atomic mass is 19.3. The molecule has 45 heavy (non-hydrogen) atoms. The van der Waals surface area contributed by atoms with Crippen LogP contribution in [0.1, 0.15) is 91.5 Å². The zero-order chi connectivity index (χ0) is 31.9. The van der Waals surface area contributed by atoms with Crippen molar-refractivity contribution in [2.24, 2.45) is 17.8 Å². The van der Waals surface area contributed by atoms with Gasteiger partial charge >= 0.3 is 0 Å². The maximum atomic E-state index is 14.0. The van der Waals surface area contributed by atoms with Crippen LogP contribution in [-0.4, -0.2) is 56.4 Å². The first kappa shape index (κ1) is 31.1. The molecular formula is C29H32F6N6O4. The first-order valence-electron chi connectivity index (χ1n) is 14.9. The summed E-state index contributed by atoms with van der Waals surface area (Å²) in [7, 11) is 0. The summed E-state index contributed by atoms with van der Waals surface area (Å²) in [5.41, 5.74) is 1.16. The summed E-state index contributed by atoms with van der Waals surface area (Å²) in [5, 5.41) is 13.7. The van der Waals surface area contributed by atoms with Gasteiger partial charge in [-0.05, 0) is 60.2 Å². The van der Waals surface area contributed by atoms with Gasteiger partial charge in [0.1, 0.15) is 11.8 Å². The van der Waals surface area contributed by atoms with Crippen molar-refractivity contribution < 1.29 is 45.2 Å². The lowest BCUT2D eigenvalue weighted by Crippen LogP contribution is -2.39. The molecule has 1 unspecified atom stereocenters. The zero-order valence-corrected chi connectivity index (χ0v) is 24.0. The van der Waals surface area contributed by atoms with E-state index in [9.17, 15) is 35.9 Å². The molecule has 16 heteroatoms. The Morgan fingerprint density at radius 3 is 2.40 bits per heavy atom. The Labute approximate surface area is 253 Å². The average molecular weight is 643 g/mol. The van der Waals surface area contributed by atoms with Crippen molar-refractivity contribution in [1.29, 1.82) is 0 Å². The Kier molecular flexibility index (Phi) is 8.41. The summed E-state index contributed by atoms with van der Waals surface area (Å²) in [6.45, 7) is -1.01. The molecule has 3 aromatic heterocycles. The molecule has 3 aliphatic rings. The van der Waals surface area contributed by atoms with Crippen LogP contribution in [0.25, 0.3) is 5.65 Å². The van der Waals surface area contributed by atoms with E-state index < -0.39 is 48.6 Å². The van der Waals surface area contributed by atoms with Crippen molar-refractivity contribution in [3.63, 3.8) is 0 Å². The van der Waals surface area contributed by atoms with Gasteiger partial charge < -0.3 is 19.9 Å². The Hall–Kier alpha value is -3.85. The smallest absolute Gasteiger partial charge is 0.272 e. The first-order valence-corrected chi connectivity index (χ1v) is 14.9. The number of fused-ring (bicyclic) bond motifs is 1. The van der Waals surface area contributed by atoms with Gasteiger partial charge in [0.05, 0.1) is 30.2 Å². The van der Waals surface area contributed by atoms with E-state index in [0.29, 0.717) is 16.9 Å². The molecule has 0 aromatic carbocycles. The van der Waals surface area contributed by atoms with Gasteiger partial charge in [-0.1, -0.05) is 0 Å². The van der Waals surface area contributed by atoms with Gasteiger partial charge in [-0.25, -0.2) is 35.8 Å². The van der Waals surface area contributed by atoms with E-state index in [0.717, 1.165) is 19.1 Å². The number of hydrogen-bond acceptors (Lipinski definition) is 7. The van der Waals surface area contributed by atoms with Crippen molar-refractivity contribution in [2.45, 2.75) is 88.1 Å². The number of hydrogen-bond donors (Lipinski definition) is 2. The summed E-state index contributed by atoms with van der Waals surface area (Å²) in [5.74, 6) is -7.66. The largest absolute Gasteiger partial charge is 0.469 e. The maximum Gasteiger partial charge on any atom is 0.272 e. The Bertz CT molecular complexity index is 1520. The maximum absolute atomic E-state index is 14.0. The third-order valence-electron chi connectivity index (χ3n) is 8.74. The van der Waals surface area contributed by atoms with E-state index in [1.54, 1.807) is 18.5 Å². The molecule has 3 aliphatic carbocycles. The van der Waals surface area contributed by atoms with Crippen LogP contribution in [0.4, 0.5) is 26.3 Å². The second kappa shape index (κ2) is 12.2. The number of alkyl halides is 6. The molecule has 0 saturated heterocycles. The number of halogens is 6. The van der Waals surface area contributed by atoms with Gasteiger partial charge in [0.2, 0.25) is 17.8 Å². The molecule has 3 saturated carbocycles. The van der Waals surface area contributed by atoms with Crippen molar-refractivity contribution in [3.8, 4) is 5.88 Å². The SMILES string of the molecule is O=C(CC1CC(F)(F)C1)NC(c1cnn2cc([C@@H](NC(=O)c3conc3OCC(F)F)C3CCC(F)(F)CC3)nc2c1)C1CC1. The number of ether oxygens (including phenoxy) is 1. The number of carbonyl (C=O) groups excluding carboxylic acids is 2. The molecule has 244 valence electrons. The van der Waals surface area contributed by atoms with Crippen LogP contribution < -0.4 is 15.4 Å². The molecular weight excluding hydrogens is 610 g/mol. The molecule has 2 atom stereocenters. The quantitative estimate of drug-likeness (QED) is 0.245. The van der Waals surface area contributed by atoms with Crippen LogP contribution in [0.5, 0.6) is 5.88 Å². The predicted molar refractivity (Wildman–Crippen MR) is 144 cm³/mol. The number of nitrogens with one attached hydrogen (secondary N) is 2. The van der Waals surface area contributed by atoms with E-state index in [1.807, 2.05) is 0 Å². The molecule has 3 aromatic rings. The van der Waals surface area contributed by atoms with Gasteiger partial charge in [0, 0.05) is 32.1 Å². The summed E-state index contributed by atoms with van der Waals surface area (Å²) < 4.78 is 91.0. The van der Waals surface area contributed by atoms with Crippen LogP contribution in [0, 0.1) is 17.8 Å². The molecule has 3 fully saturated rings. The fourth-order valence-electron chi connectivity index (χ4n) is 6.23. The number of nitrogens with zero attached hydrogens (tertiary/aromatic N) is 4. The topological polar surface area (TPSA) is 124 Å². The van der Waals surface area contributed by atoms with Crippen LogP contribution in [0.2, 0.25) is 0 Å². The molecule has 2 N–H and O–H groups in total. The number of amides is 2. The zero-order valence-electron chi connectivity index (χ0n) is 24.0. The Balaban J connectivity index is 1.22. The average Bonchev–Trinajstić information content (AvgIpc) is 3.53. The molecule has 0 aliphatic heterocycles. The van der Waals surface area contributed by atoms with Gasteiger partial charge in [0.25, 0.3) is 18.2 Å². The van der Waals surface area contributed by atoms with Gasteiger partial charge in [0.15, 0.2) is 12.3 Å². The van der Waals surface area contributed by atoms with Crippen molar-refractivity contribution in [3.05, 3.63) is 41.5 Å². The van der Waals surface area contributed by atoms with Crippen LogP contribution >= 0.6 is 0 Å². The Morgan fingerprint density at radius 2 is 1.73 bits per heavy atom. The van der Waals surface area contributed by atoms with Gasteiger partial charge in [-0.2, -0.15) is 5.10 Å². The minimum atomic E-state index is -2.83. The number of carbonyl (C=O) groups is 2. The lowest BCUT2D eigenvalue weighted by molar-refractivity contribution is -0.134. The molecule has 10 nitrogen and oxygen atoms in total. The number of imidazole rings is 1. The van der Waals surface area contributed by atoms with E-state index >= 15 is 0 Å². The van der Waals surface area contributed by atoms with E-state index in [2.05, 4.69) is 25.9 Å². The van der Waals surface area contributed by atoms with E-state index in [-0.39, 0.29) is 74.3 Å². The summed E-state index contributed by atoms with van der Waals surface area (Å²) in [6, 6.07) is 0.504. The highest BCUT2D eigenvalue weighted by molar-refractivity contribution is 5.96. The van der Waals surface area contributed by atoms with Crippen LogP contribution in [-0.2, 0) is 4.79 Å². The third kappa shape index (κ3) is 7.35. The van der Waals surface area contributed by atoms with E-state index in [1.165, 1.54) is 4.52 Å². The monoisotopic (exact) mass is 642 g/mol. The van der Waals surface area contributed by atoms with Gasteiger partial charge in [-0.15, -0.1) is 0 Å². The molecule has 0 radical (unpaired) electrons. The first-order chi connectivity index (χ1) is 21.4. The lowest BCUT2D eigenvalue weighted by atomic mass is 9.79. The minimum absolute atomic E-state index is 0.0187. The Morgan fingerprint density at radius 1 is 1.02 bits per heavy atom. The van der Waals surface area contributed by atoms with Crippen LogP contribution in [0.3, 0.4) is 0 Å². The summed E-state index contributed by atoms with van der Waals surface area (Å²) in [4.78, 5) is 30.6. The van der Waals surface area contributed by atoms with E-state index in [4.69, 9.17) is 9.26 Å². The molecule has 0 bridgehead atoms. The minimum Gasteiger partial charge on any atom is -0.469 e. The fourth-order valence-corrected chi connectivity index (χ4v) is 6.23. The predicted octanol–water partition coefficient (Wildman–Crippen LogP) is 5.66. The molecule has 2 amide bonds. The lowest BCUT2D eigenvalue weighted by Gasteiger charge is -2.34. The van der Waals surface area contributed by atoms with Gasteiger partial charge in [-0.3, -0.25) is 9.59 Å². The highest BCUT2D eigenvalue weighted by Crippen LogP contribution is 2.45. The van der Waals surface area contributed by atoms with Crippen LogP contribution in [0.15, 0.2) is 29.2 Å². The normalized spacial score (nSPS) is 21.3. The second-order valence-corrected chi connectivity index (χ2v) is 12.4. The van der Waals surface area contributed by atoms with Crippen molar-refractivity contribution in [1.82, 2.24) is 30.4 Å². The number of rotatable bonds is 12. The number of aromatic nitrogens is 4. The molecule has 6 rings (SSSR count). The summed E-state index contributed by atoms with van der Waals surface area (Å²) in [6.07, 6.45) is 1.89. The highest BCUT2D eigenvalue weighted by Gasteiger charge is 2.46. The third-order valence-corrected chi connectivity index (χ3v) is 8.74. The molecule has 0 spiro atoms.